The number of aliphatic hydroxyl groups excluding tert-OH is 1. The van der Waals surface area contributed by atoms with Gasteiger partial charge in [0.1, 0.15) is 23.1 Å². The molecule has 1 fully saturated rings. The van der Waals surface area contributed by atoms with E-state index in [1.807, 2.05) is 18.2 Å². The molecule has 0 bridgehead atoms. The molecule has 0 radical (unpaired) electrons. The van der Waals surface area contributed by atoms with Gasteiger partial charge in [0.25, 0.3) is 5.91 Å². The van der Waals surface area contributed by atoms with Gasteiger partial charge >= 0.3 is 0 Å². The summed E-state index contributed by atoms with van der Waals surface area (Å²) in [6, 6.07) is 11.6. The Bertz CT molecular complexity index is 1170. The molecule has 32 heavy (non-hydrogen) atoms. The Morgan fingerprint density at radius 1 is 1.09 bits per heavy atom. The van der Waals surface area contributed by atoms with Crippen LogP contribution in [-0.4, -0.2) is 66.0 Å². The van der Waals surface area contributed by atoms with Crippen LogP contribution in [0.2, 0.25) is 0 Å². The van der Waals surface area contributed by atoms with Crippen LogP contribution >= 0.6 is 0 Å². The van der Waals surface area contributed by atoms with Crippen molar-refractivity contribution in [3.63, 3.8) is 0 Å². The third kappa shape index (κ3) is 3.61. The largest absolute Gasteiger partial charge is 0.503 e. The predicted molar refractivity (Wildman–Crippen MR) is 115 cm³/mol. The minimum absolute atomic E-state index is 0.0228. The number of ketones is 1. The van der Waals surface area contributed by atoms with Crippen molar-refractivity contribution in [2.75, 3.05) is 39.4 Å². The van der Waals surface area contributed by atoms with Crippen molar-refractivity contribution >= 4 is 22.7 Å². The lowest BCUT2D eigenvalue weighted by Gasteiger charge is -2.30. The maximum atomic E-state index is 13.5. The average molecular weight is 436 g/mol. The van der Waals surface area contributed by atoms with Gasteiger partial charge in [-0.3, -0.25) is 14.5 Å². The molecular formula is C24H24N2O6. The van der Waals surface area contributed by atoms with Crippen molar-refractivity contribution in [3.05, 3.63) is 71.1 Å². The SMILES string of the molecule is Cc1ccc([C@H]2C(C(=O)c3cc4ccccc4o3)=C(O)C(=O)N2CCN2CCOCC2)o1. The van der Waals surface area contributed by atoms with E-state index in [1.54, 1.807) is 31.2 Å². The number of hydrogen-bond donors (Lipinski definition) is 1. The van der Waals surface area contributed by atoms with E-state index in [-0.39, 0.29) is 11.3 Å². The summed E-state index contributed by atoms with van der Waals surface area (Å²) < 4.78 is 16.9. The van der Waals surface area contributed by atoms with Gasteiger partial charge in [0.2, 0.25) is 5.78 Å². The molecular weight excluding hydrogens is 412 g/mol. The van der Waals surface area contributed by atoms with Gasteiger partial charge in [0.05, 0.1) is 18.8 Å². The molecule has 8 heteroatoms. The Labute approximate surface area is 184 Å². The monoisotopic (exact) mass is 436 g/mol. The molecule has 1 atom stereocenters. The first-order chi connectivity index (χ1) is 15.5. The summed E-state index contributed by atoms with van der Waals surface area (Å²) in [7, 11) is 0. The second-order valence-electron chi connectivity index (χ2n) is 8.04. The van der Waals surface area contributed by atoms with Crippen LogP contribution in [0.1, 0.15) is 28.1 Å². The molecule has 2 aromatic heterocycles. The number of aryl methyl sites for hydroxylation is 1. The Balaban J connectivity index is 1.49. The fourth-order valence-corrected chi connectivity index (χ4v) is 4.31. The number of carbonyl (C=O) groups excluding carboxylic acids is 2. The zero-order valence-electron chi connectivity index (χ0n) is 17.7. The van der Waals surface area contributed by atoms with Crippen molar-refractivity contribution in [2.24, 2.45) is 0 Å². The molecule has 0 unspecified atom stereocenters. The fourth-order valence-electron chi connectivity index (χ4n) is 4.31. The number of Topliss-reactive ketones (excluding diaryl/α,β-unsaturated/α-hetero) is 1. The topological polar surface area (TPSA) is 96.4 Å². The second kappa shape index (κ2) is 8.29. The molecule has 1 aromatic carbocycles. The second-order valence-corrected chi connectivity index (χ2v) is 8.04. The third-order valence-electron chi connectivity index (χ3n) is 5.99. The molecule has 8 nitrogen and oxygen atoms in total. The van der Waals surface area contributed by atoms with E-state index in [2.05, 4.69) is 4.90 Å². The highest BCUT2D eigenvalue weighted by Crippen LogP contribution is 2.40. The Hall–Kier alpha value is -3.36. The van der Waals surface area contributed by atoms with E-state index >= 15 is 0 Å². The summed E-state index contributed by atoms with van der Waals surface area (Å²) in [6.07, 6.45) is 0. The van der Waals surface area contributed by atoms with E-state index in [0.29, 0.717) is 43.4 Å². The average Bonchev–Trinajstić information content (AvgIpc) is 3.49. The number of para-hydroxylation sites is 1. The van der Waals surface area contributed by atoms with Crippen LogP contribution in [0.4, 0.5) is 0 Å². The number of hydrogen-bond acceptors (Lipinski definition) is 7. The van der Waals surface area contributed by atoms with Gasteiger partial charge in [-0.2, -0.15) is 0 Å². The molecule has 1 amide bonds. The number of morpholine rings is 1. The van der Waals surface area contributed by atoms with Crippen molar-refractivity contribution in [3.8, 4) is 0 Å². The van der Waals surface area contributed by atoms with Gasteiger partial charge in [0, 0.05) is 31.6 Å². The van der Waals surface area contributed by atoms with Crippen LogP contribution in [0, 0.1) is 6.92 Å². The summed E-state index contributed by atoms with van der Waals surface area (Å²) in [4.78, 5) is 30.2. The normalized spacial score (nSPS) is 20.0. The first kappa shape index (κ1) is 20.5. The van der Waals surface area contributed by atoms with Crippen molar-refractivity contribution in [1.29, 1.82) is 0 Å². The van der Waals surface area contributed by atoms with E-state index < -0.39 is 23.5 Å². The number of furan rings is 2. The molecule has 1 saturated heterocycles. The number of fused-ring (bicyclic) bond motifs is 1. The summed E-state index contributed by atoms with van der Waals surface area (Å²) in [5.74, 6) is -0.513. The molecule has 4 heterocycles. The molecule has 0 saturated carbocycles. The Kier molecular flexibility index (Phi) is 5.32. The number of rotatable bonds is 6. The molecule has 0 aliphatic carbocycles. The number of ether oxygens (including phenoxy) is 1. The van der Waals surface area contributed by atoms with E-state index in [9.17, 15) is 14.7 Å². The van der Waals surface area contributed by atoms with Crippen molar-refractivity contribution in [2.45, 2.75) is 13.0 Å². The number of amides is 1. The first-order valence-corrected chi connectivity index (χ1v) is 10.7. The number of carbonyl (C=O) groups is 2. The highest BCUT2D eigenvalue weighted by atomic mass is 16.5. The highest BCUT2D eigenvalue weighted by molar-refractivity contribution is 6.15. The van der Waals surface area contributed by atoms with Gasteiger partial charge < -0.3 is 23.6 Å². The minimum atomic E-state index is -0.821. The number of aliphatic hydroxyl groups is 1. The predicted octanol–water partition coefficient (Wildman–Crippen LogP) is 3.24. The minimum Gasteiger partial charge on any atom is -0.503 e. The molecule has 2 aliphatic heterocycles. The van der Waals surface area contributed by atoms with Crippen LogP contribution in [0.3, 0.4) is 0 Å². The Morgan fingerprint density at radius 2 is 1.88 bits per heavy atom. The summed E-state index contributed by atoms with van der Waals surface area (Å²) in [5, 5.41) is 11.5. The summed E-state index contributed by atoms with van der Waals surface area (Å²) >= 11 is 0. The van der Waals surface area contributed by atoms with Crippen molar-refractivity contribution < 1.29 is 28.3 Å². The first-order valence-electron chi connectivity index (χ1n) is 10.7. The van der Waals surface area contributed by atoms with Gasteiger partial charge in [-0.25, -0.2) is 0 Å². The zero-order valence-corrected chi connectivity index (χ0v) is 17.7. The van der Waals surface area contributed by atoms with Crippen LogP contribution in [0.15, 0.2) is 62.6 Å². The molecule has 1 N–H and O–H groups in total. The lowest BCUT2D eigenvalue weighted by Crippen LogP contribution is -2.43. The highest BCUT2D eigenvalue weighted by Gasteiger charge is 2.46. The van der Waals surface area contributed by atoms with E-state index in [0.717, 1.165) is 18.5 Å². The van der Waals surface area contributed by atoms with E-state index in [1.165, 1.54) is 4.90 Å². The van der Waals surface area contributed by atoms with Crippen LogP contribution in [0.5, 0.6) is 0 Å². The molecule has 2 aliphatic rings. The summed E-state index contributed by atoms with van der Waals surface area (Å²) in [6.45, 7) is 5.58. The van der Waals surface area contributed by atoms with Crippen LogP contribution in [-0.2, 0) is 9.53 Å². The number of nitrogens with zero attached hydrogens (tertiary/aromatic N) is 2. The molecule has 166 valence electrons. The van der Waals surface area contributed by atoms with Gasteiger partial charge in [0.15, 0.2) is 11.5 Å². The maximum absolute atomic E-state index is 13.5. The lowest BCUT2D eigenvalue weighted by atomic mass is 9.99. The van der Waals surface area contributed by atoms with Crippen LogP contribution in [0.25, 0.3) is 11.0 Å². The zero-order chi connectivity index (χ0) is 22.2. The van der Waals surface area contributed by atoms with E-state index in [4.69, 9.17) is 13.6 Å². The lowest BCUT2D eigenvalue weighted by molar-refractivity contribution is -0.130. The summed E-state index contributed by atoms with van der Waals surface area (Å²) in [5.41, 5.74) is 0.542. The van der Waals surface area contributed by atoms with Crippen molar-refractivity contribution in [1.82, 2.24) is 9.80 Å². The Morgan fingerprint density at radius 3 is 2.59 bits per heavy atom. The van der Waals surface area contributed by atoms with Crippen LogP contribution < -0.4 is 0 Å². The number of benzene rings is 1. The third-order valence-corrected chi connectivity index (χ3v) is 5.99. The fraction of sp³-hybridized carbons (Fsp3) is 0.333. The molecule has 5 rings (SSSR count). The quantitative estimate of drug-likeness (QED) is 0.593. The molecule has 0 spiro atoms. The molecule has 3 aromatic rings. The van der Waals surface area contributed by atoms with Gasteiger partial charge in [-0.05, 0) is 31.2 Å². The smallest absolute Gasteiger partial charge is 0.290 e. The standard InChI is InChI=1S/C24H24N2O6/c1-15-6-7-18(31-15)21-20(22(27)19-14-16-4-2-3-5-17(16)32-19)23(28)24(29)26(21)9-8-25-10-12-30-13-11-25/h2-7,14,21,28H,8-13H2,1H3/t21-/m0/s1. The van der Waals surface area contributed by atoms with Gasteiger partial charge in [-0.1, -0.05) is 18.2 Å². The van der Waals surface area contributed by atoms with Gasteiger partial charge in [-0.15, -0.1) is 0 Å². The maximum Gasteiger partial charge on any atom is 0.290 e.